The molecule has 31 valence electrons. The minimum Gasteiger partial charge on any atom is 0 e. The van der Waals surface area contributed by atoms with Crippen molar-refractivity contribution in [3.8, 4) is 0 Å². The first-order chi connectivity index (χ1) is 0. The van der Waals surface area contributed by atoms with Crippen LogP contribution in [-0.2, 0) is 69.2 Å². The van der Waals surface area contributed by atoms with Gasteiger partial charge >= 0.3 is 0 Å². The molecule has 0 saturated heterocycles. The van der Waals surface area contributed by atoms with Crippen LogP contribution < -0.4 is 0 Å². The van der Waals surface area contributed by atoms with Gasteiger partial charge in [0.1, 0.15) is 0 Å². The average Bonchev–Trinajstić information content (AvgIpc) is 0. The van der Waals surface area contributed by atoms with Crippen LogP contribution in [0.25, 0.3) is 0 Å². The second-order valence-corrected chi connectivity index (χ2v) is 0. The van der Waals surface area contributed by atoms with Crippen LogP contribution in [0.4, 0.5) is 0 Å². The molecule has 0 fully saturated rings. The van der Waals surface area contributed by atoms with Crippen LogP contribution in [0.5, 0.6) is 0 Å². The molecule has 0 heterocycles. The maximum atomic E-state index is 0. The molecule has 0 atom stereocenters. The monoisotopic (exact) mass is 239 g/mol. The molecule has 0 aromatic heterocycles. The quantitative estimate of drug-likeness (QED) is 0.524. The molecule has 0 unspecified atom stereocenters. The van der Waals surface area contributed by atoms with Crippen molar-refractivity contribution in [3.63, 3.8) is 0 Å². The normalized spacial score (nSPS) is 0. The third-order valence-electron chi connectivity index (χ3n) is 0. The van der Waals surface area contributed by atoms with Crippen molar-refractivity contribution in [2.75, 3.05) is 0 Å². The van der Waals surface area contributed by atoms with Crippen molar-refractivity contribution in [1.29, 1.82) is 0 Å². The SMILES string of the molecule is [Co].[Ni].[Ni].[Zn]. The van der Waals surface area contributed by atoms with E-state index in [0.717, 1.165) is 0 Å². The van der Waals surface area contributed by atoms with Gasteiger partial charge in [0.15, 0.2) is 0 Å². The van der Waals surface area contributed by atoms with Gasteiger partial charge in [0.25, 0.3) is 0 Å². The van der Waals surface area contributed by atoms with Crippen LogP contribution in [0.1, 0.15) is 0 Å². The van der Waals surface area contributed by atoms with E-state index in [-0.39, 0.29) is 69.2 Å². The molecule has 4 heteroatoms. The Kier molecular flexibility index (Phi) is 173. The van der Waals surface area contributed by atoms with Gasteiger partial charge < -0.3 is 0 Å². The van der Waals surface area contributed by atoms with E-state index >= 15 is 0 Å². The largest absolute Gasteiger partial charge is 0 e. The zero-order chi connectivity index (χ0) is 0. The number of hydrogen-bond acceptors (Lipinski definition) is 0. The van der Waals surface area contributed by atoms with Gasteiger partial charge in [-0.1, -0.05) is 0 Å². The average molecular weight is 242 g/mol. The molecule has 4 heavy (non-hydrogen) atoms. The molecule has 0 rings (SSSR count). The number of rotatable bonds is 0. The van der Waals surface area contributed by atoms with Gasteiger partial charge in [0.05, 0.1) is 0 Å². The summed E-state index contributed by atoms with van der Waals surface area (Å²) in [5.74, 6) is 0. The minimum absolute atomic E-state index is 0. The zero-order valence-electron chi connectivity index (χ0n) is 1.67. The Hall–Kier alpha value is 2.12. The second-order valence-electron chi connectivity index (χ2n) is 0. The molecule has 0 aromatic carbocycles. The van der Waals surface area contributed by atoms with E-state index in [1.807, 2.05) is 0 Å². The third kappa shape index (κ3) is 8.93. The molecular weight excluding hydrogens is 242 g/mol. The van der Waals surface area contributed by atoms with Gasteiger partial charge in [0.2, 0.25) is 0 Å². The molecule has 0 aromatic rings. The van der Waals surface area contributed by atoms with Crippen LogP contribution in [0.15, 0.2) is 0 Å². The maximum Gasteiger partial charge on any atom is 0 e. The summed E-state index contributed by atoms with van der Waals surface area (Å²) in [7, 11) is 0. The summed E-state index contributed by atoms with van der Waals surface area (Å²) in [6.45, 7) is 0. The van der Waals surface area contributed by atoms with E-state index in [1.165, 1.54) is 0 Å². The Balaban J connectivity index is 0. The summed E-state index contributed by atoms with van der Waals surface area (Å²) in [5.41, 5.74) is 0. The molecule has 0 saturated carbocycles. The summed E-state index contributed by atoms with van der Waals surface area (Å²) in [6.07, 6.45) is 0. The molecule has 0 aliphatic rings. The minimum atomic E-state index is 0. The van der Waals surface area contributed by atoms with Crippen LogP contribution in [-0.4, -0.2) is 0 Å². The van der Waals surface area contributed by atoms with Gasteiger partial charge in [-0.05, 0) is 0 Å². The first-order valence-electron chi connectivity index (χ1n) is 0. The summed E-state index contributed by atoms with van der Waals surface area (Å²) in [6, 6.07) is 0. The Morgan fingerprint density at radius 3 is 0.750 bits per heavy atom. The zero-order valence-corrected chi connectivity index (χ0v) is 7.66. The third-order valence-corrected chi connectivity index (χ3v) is 0. The van der Waals surface area contributed by atoms with Crippen LogP contribution >= 0.6 is 0 Å². The van der Waals surface area contributed by atoms with Gasteiger partial charge in [0, 0.05) is 69.2 Å². The van der Waals surface area contributed by atoms with E-state index in [4.69, 9.17) is 0 Å². The fourth-order valence-electron chi connectivity index (χ4n) is 0. The van der Waals surface area contributed by atoms with E-state index in [2.05, 4.69) is 0 Å². The molecule has 0 bridgehead atoms. The Morgan fingerprint density at radius 1 is 0.750 bits per heavy atom. The molecular formula is CoNi2Zn. The Morgan fingerprint density at radius 2 is 0.750 bits per heavy atom. The van der Waals surface area contributed by atoms with Crippen molar-refractivity contribution in [2.45, 2.75) is 0 Å². The summed E-state index contributed by atoms with van der Waals surface area (Å²) >= 11 is 0. The maximum absolute atomic E-state index is 0. The van der Waals surface area contributed by atoms with Gasteiger partial charge in [-0.15, -0.1) is 0 Å². The molecule has 0 aliphatic carbocycles. The standard InChI is InChI=1S/Co.2Ni.Zn. The van der Waals surface area contributed by atoms with Crippen molar-refractivity contribution in [2.24, 2.45) is 0 Å². The summed E-state index contributed by atoms with van der Waals surface area (Å²) < 4.78 is 0. The van der Waals surface area contributed by atoms with E-state index in [0.29, 0.717) is 0 Å². The van der Waals surface area contributed by atoms with E-state index in [1.54, 1.807) is 0 Å². The molecule has 1 radical (unpaired) electrons. The summed E-state index contributed by atoms with van der Waals surface area (Å²) in [5, 5.41) is 0. The van der Waals surface area contributed by atoms with Crippen LogP contribution in [0, 0.1) is 0 Å². The van der Waals surface area contributed by atoms with Crippen LogP contribution in [0.3, 0.4) is 0 Å². The fourth-order valence-corrected chi connectivity index (χ4v) is 0. The van der Waals surface area contributed by atoms with E-state index in [9.17, 15) is 0 Å². The van der Waals surface area contributed by atoms with Crippen LogP contribution in [0.2, 0.25) is 0 Å². The van der Waals surface area contributed by atoms with Gasteiger partial charge in [-0.3, -0.25) is 0 Å². The summed E-state index contributed by atoms with van der Waals surface area (Å²) in [4.78, 5) is 0. The van der Waals surface area contributed by atoms with Crippen molar-refractivity contribution in [3.05, 3.63) is 0 Å². The van der Waals surface area contributed by atoms with Crippen molar-refractivity contribution < 1.29 is 69.2 Å². The topological polar surface area (TPSA) is 0 Å². The molecule has 0 nitrogen and oxygen atoms in total. The van der Waals surface area contributed by atoms with Crippen molar-refractivity contribution >= 4 is 0 Å². The predicted octanol–water partition coefficient (Wildman–Crippen LogP) is -0.0100. The Bertz CT molecular complexity index is 6.00. The smallest absolute Gasteiger partial charge is 0 e. The van der Waals surface area contributed by atoms with Gasteiger partial charge in [-0.25, -0.2) is 0 Å². The first kappa shape index (κ1) is 35.7. The molecule has 0 N–H and O–H groups in total. The Labute approximate surface area is 68.7 Å². The fraction of sp³-hybridized carbons (Fsp3) is 0. The first-order valence-corrected chi connectivity index (χ1v) is 0. The second kappa shape index (κ2) is 19.4. The van der Waals surface area contributed by atoms with E-state index < -0.39 is 0 Å². The molecule has 0 amide bonds. The predicted molar refractivity (Wildman–Crippen MR) is 0 cm³/mol. The number of hydrogen-bond donors (Lipinski definition) is 0. The van der Waals surface area contributed by atoms with Crippen molar-refractivity contribution in [1.82, 2.24) is 0 Å². The molecule has 0 aliphatic heterocycles. The molecule has 0 spiro atoms. The van der Waals surface area contributed by atoms with Gasteiger partial charge in [-0.2, -0.15) is 0 Å².